The van der Waals surface area contributed by atoms with Gasteiger partial charge in [-0.1, -0.05) is 19.1 Å². The van der Waals surface area contributed by atoms with E-state index in [2.05, 4.69) is 10.6 Å². The fourth-order valence-electron chi connectivity index (χ4n) is 1.20. The Labute approximate surface area is 112 Å². The number of ether oxygens (including phenoxy) is 1. The molecule has 0 aliphatic heterocycles. The molecule has 0 atom stereocenters. The molecule has 0 bridgehead atoms. The normalized spacial score (nSPS) is 9.61. The van der Waals surface area contributed by atoms with E-state index < -0.39 is 0 Å². The van der Waals surface area contributed by atoms with Gasteiger partial charge in [-0.05, 0) is 30.7 Å². The van der Waals surface area contributed by atoms with E-state index in [9.17, 15) is 4.79 Å². The van der Waals surface area contributed by atoms with Gasteiger partial charge >= 0.3 is 6.03 Å². The number of hydrogen-bond donors (Lipinski definition) is 3. The van der Waals surface area contributed by atoms with Gasteiger partial charge in [-0.3, -0.25) is 0 Å². The van der Waals surface area contributed by atoms with E-state index in [1.165, 1.54) is 0 Å². The molecule has 0 aliphatic carbocycles. The summed E-state index contributed by atoms with van der Waals surface area (Å²) >= 11 is 4.71. The Hall–Kier alpha value is -1.82. The Morgan fingerprint density at radius 3 is 2.61 bits per heavy atom. The summed E-state index contributed by atoms with van der Waals surface area (Å²) < 4.78 is 5.30. The third-order valence-corrected chi connectivity index (χ3v) is 2.15. The molecular weight excluding hydrogens is 250 g/mol. The summed E-state index contributed by atoms with van der Waals surface area (Å²) in [4.78, 5) is 11.7. The summed E-state index contributed by atoms with van der Waals surface area (Å²) in [6.07, 6.45) is 0.902. The summed E-state index contributed by atoms with van der Waals surface area (Å²) in [7, 11) is 0. The second-order valence-corrected chi connectivity index (χ2v) is 4.18. The molecule has 18 heavy (non-hydrogen) atoms. The predicted octanol–water partition coefficient (Wildman–Crippen LogP) is 1.88. The third kappa shape index (κ3) is 5.49. The van der Waals surface area contributed by atoms with Gasteiger partial charge in [0.25, 0.3) is 0 Å². The highest BCUT2D eigenvalue weighted by Gasteiger charge is 2.01. The van der Waals surface area contributed by atoms with Crippen molar-refractivity contribution in [1.29, 1.82) is 0 Å². The minimum atomic E-state index is -0.214. The molecule has 5 nitrogen and oxygen atoms in total. The second-order valence-electron chi connectivity index (χ2n) is 3.66. The molecule has 1 aromatic rings. The van der Waals surface area contributed by atoms with Gasteiger partial charge < -0.3 is 21.1 Å². The van der Waals surface area contributed by atoms with Crippen molar-refractivity contribution in [2.24, 2.45) is 5.73 Å². The van der Waals surface area contributed by atoms with Crippen LogP contribution in [0.3, 0.4) is 0 Å². The zero-order chi connectivity index (χ0) is 13.4. The first-order valence-electron chi connectivity index (χ1n) is 5.68. The molecule has 0 aliphatic rings. The van der Waals surface area contributed by atoms with Crippen LogP contribution in [0.1, 0.15) is 13.3 Å². The van der Waals surface area contributed by atoms with Gasteiger partial charge in [-0.25, -0.2) is 4.79 Å². The average Bonchev–Trinajstić information content (AvgIpc) is 2.35. The molecule has 0 spiro atoms. The average molecular weight is 267 g/mol. The number of thiocarbonyl (C=S) groups is 1. The fourth-order valence-corrected chi connectivity index (χ4v) is 1.26. The van der Waals surface area contributed by atoms with Crippen molar-refractivity contribution >= 4 is 28.9 Å². The van der Waals surface area contributed by atoms with Crippen LogP contribution in [0.25, 0.3) is 0 Å². The van der Waals surface area contributed by atoms with Crippen LogP contribution in [-0.2, 0) is 0 Å². The van der Waals surface area contributed by atoms with Crippen LogP contribution in [0, 0.1) is 0 Å². The molecule has 0 saturated heterocycles. The summed E-state index contributed by atoms with van der Waals surface area (Å²) in [5, 5.41) is 5.43. The lowest BCUT2D eigenvalue weighted by Gasteiger charge is -2.08. The number of nitrogens with one attached hydrogen (secondary N) is 2. The topological polar surface area (TPSA) is 76.4 Å². The van der Waals surface area contributed by atoms with E-state index in [1.807, 2.05) is 6.92 Å². The van der Waals surface area contributed by atoms with E-state index >= 15 is 0 Å². The van der Waals surface area contributed by atoms with Gasteiger partial charge in [-0.2, -0.15) is 0 Å². The second kappa shape index (κ2) is 7.50. The molecule has 2 amide bonds. The summed E-state index contributed by atoms with van der Waals surface area (Å²) in [5.74, 6) is 0.655. The summed E-state index contributed by atoms with van der Waals surface area (Å²) in [5.41, 5.74) is 6.02. The quantitative estimate of drug-likeness (QED) is 0.688. The molecule has 0 fully saturated rings. The van der Waals surface area contributed by atoms with Crippen LogP contribution in [0.15, 0.2) is 24.3 Å². The van der Waals surface area contributed by atoms with Gasteiger partial charge in [0, 0.05) is 12.2 Å². The number of carbonyl (C=O) groups is 1. The van der Waals surface area contributed by atoms with Crippen molar-refractivity contribution in [1.82, 2.24) is 5.32 Å². The van der Waals surface area contributed by atoms with Crippen molar-refractivity contribution < 1.29 is 9.53 Å². The maximum atomic E-state index is 11.4. The first-order chi connectivity index (χ1) is 8.61. The van der Waals surface area contributed by atoms with Crippen molar-refractivity contribution in [2.45, 2.75) is 13.3 Å². The molecule has 0 aromatic heterocycles. The lowest BCUT2D eigenvalue weighted by Crippen LogP contribution is -2.29. The number of urea groups is 1. The number of carbonyl (C=O) groups excluding carboxylic acids is 1. The van der Waals surface area contributed by atoms with Gasteiger partial charge in [0.1, 0.15) is 17.3 Å². The van der Waals surface area contributed by atoms with Crippen LogP contribution in [0.4, 0.5) is 10.5 Å². The van der Waals surface area contributed by atoms with E-state index in [0.717, 1.165) is 6.42 Å². The van der Waals surface area contributed by atoms with E-state index in [1.54, 1.807) is 24.3 Å². The minimum Gasteiger partial charge on any atom is -0.487 e. The van der Waals surface area contributed by atoms with Crippen LogP contribution in [-0.4, -0.2) is 24.2 Å². The zero-order valence-electron chi connectivity index (χ0n) is 10.2. The van der Waals surface area contributed by atoms with Crippen LogP contribution < -0.4 is 21.1 Å². The molecule has 6 heteroatoms. The maximum Gasteiger partial charge on any atom is 0.319 e. The smallest absolute Gasteiger partial charge is 0.319 e. The molecule has 0 unspecified atom stereocenters. The van der Waals surface area contributed by atoms with E-state index in [0.29, 0.717) is 23.0 Å². The number of benzene rings is 1. The number of hydrogen-bond acceptors (Lipinski definition) is 3. The summed E-state index contributed by atoms with van der Waals surface area (Å²) in [6, 6.07) is 6.77. The first kappa shape index (κ1) is 14.2. The SMILES string of the molecule is CCCNC(=O)Nc1ccc(OCC(N)=S)cc1. The molecule has 0 saturated carbocycles. The van der Waals surface area contributed by atoms with E-state index in [4.69, 9.17) is 22.7 Å². The van der Waals surface area contributed by atoms with Crippen LogP contribution in [0.5, 0.6) is 5.75 Å². The van der Waals surface area contributed by atoms with Crippen LogP contribution >= 0.6 is 12.2 Å². The standard InChI is InChI=1S/C12H17N3O2S/c1-2-7-14-12(16)15-9-3-5-10(6-4-9)17-8-11(13)18/h3-6H,2,7-8H2,1H3,(H2,13,18)(H2,14,15,16). The van der Waals surface area contributed by atoms with E-state index in [-0.39, 0.29) is 12.6 Å². The highest BCUT2D eigenvalue weighted by atomic mass is 32.1. The predicted molar refractivity (Wildman–Crippen MR) is 76.0 cm³/mol. The Balaban J connectivity index is 2.44. The Morgan fingerprint density at radius 1 is 1.39 bits per heavy atom. The monoisotopic (exact) mass is 267 g/mol. The molecule has 1 aromatic carbocycles. The third-order valence-electron chi connectivity index (χ3n) is 2.03. The van der Waals surface area contributed by atoms with Crippen LogP contribution in [0.2, 0.25) is 0 Å². The van der Waals surface area contributed by atoms with Gasteiger partial charge in [0.2, 0.25) is 0 Å². The largest absolute Gasteiger partial charge is 0.487 e. The van der Waals surface area contributed by atoms with Crippen molar-refractivity contribution in [2.75, 3.05) is 18.5 Å². The molecule has 0 heterocycles. The zero-order valence-corrected chi connectivity index (χ0v) is 11.0. The van der Waals surface area contributed by atoms with Gasteiger partial charge in [-0.15, -0.1) is 0 Å². The highest BCUT2D eigenvalue weighted by molar-refractivity contribution is 7.80. The minimum absolute atomic E-state index is 0.207. The Bertz CT molecular complexity index is 406. The van der Waals surface area contributed by atoms with Crippen molar-refractivity contribution in [3.63, 3.8) is 0 Å². The van der Waals surface area contributed by atoms with Gasteiger partial charge in [0.15, 0.2) is 0 Å². The highest BCUT2D eigenvalue weighted by Crippen LogP contribution is 2.15. The lowest BCUT2D eigenvalue weighted by atomic mass is 10.3. The molecule has 98 valence electrons. The number of rotatable bonds is 6. The molecule has 0 radical (unpaired) electrons. The van der Waals surface area contributed by atoms with Crippen molar-refractivity contribution in [3.05, 3.63) is 24.3 Å². The number of amides is 2. The Morgan fingerprint density at radius 2 is 2.06 bits per heavy atom. The molecular formula is C12H17N3O2S. The molecule has 4 N–H and O–H groups in total. The summed E-state index contributed by atoms with van der Waals surface area (Å²) in [6.45, 7) is 2.86. The van der Waals surface area contributed by atoms with Crippen molar-refractivity contribution in [3.8, 4) is 5.75 Å². The first-order valence-corrected chi connectivity index (χ1v) is 6.08. The number of anilines is 1. The maximum absolute atomic E-state index is 11.4. The molecule has 1 rings (SSSR count). The number of nitrogens with two attached hydrogens (primary N) is 1. The lowest BCUT2D eigenvalue weighted by molar-refractivity contribution is 0.252. The Kier molecular flexibility index (Phi) is 5.93. The van der Waals surface area contributed by atoms with Gasteiger partial charge in [0.05, 0.1) is 0 Å². The fraction of sp³-hybridized carbons (Fsp3) is 0.333.